The summed E-state index contributed by atoms with van der Waals surface area (Å²) in [6.07, 6.45) is 3.73. The van der Waals surface area contributed by atoms with E-state index in [9.17, 15) is 4.79 Å². The van der Waals surface area contributed by atoms with Gasteiger partial charge in [0.1, 0.15) is 0 Å². The summed E-state index contributed by atoms with van der Waals surface area (Å²) in [5.74, 6) is 0.130. The third-order valence-electron chi connectivity index (χ3n) is 3.50. The fraction of sp³-hybridized carbons (Fsp3) is 0.900. The molecule has 2 aliphatic rings. The minimum absolute atomic E-state index is 0.0539. The van der Waals surface area contributed by atoms with Crippen molar-refractivity contribution < 1.29 is 9.90 Å². The molecule has 0 spiro atoms. The summed E-state index contributed by atoms with van der Waals surface area (Å²) in [6.45, 7) is 4.43. The number of nitrogens with zero attached hydrogens (tertiary/aromatic N) is 1. The minimum Gasteiger partial charge on any atom is -0.481 e. The lowest BCUT2D eigenvalue weighted by molar-refractivity contribution is -0.146. The van der Waals surface area contributed by atoms with Crippen LogP contribution in [0, 0.1) is 5.92 Å². The van der Waals surface area contributed by atoms with Gasteiger partial charge in [0, 0.05) is 18.6 Å². The molecular weight excluding hydrogens is 166 g/mol. The van der Waals surface area contributed by atoms with Gasteiger partial charge in [0.05, 0.1) is 6.42 Å². The predicted octanol–water partition coefficient (Wildman–Crippen LogP) is 1.34. The first kappa shape index (κ1) is 9.00. The van der Waals surface area contributed by atoms with E-state index in [2.05, 4.69) is 11.8 Å². The average molecular weight is 183 g/mol. The lowest BCUT2D eigenvalue weighted by Gasteiger charge is -2.56. The molecule has 0 aromatic carbocycles. The second-order valence-electron chi connectivity index (χ2n) is 4.66. The van der Waals surface area contributed by atoms with E-state index in [0.717, 1.165) is 31.8 Å². The first-order valence-corrected chi connectivity index (χ1v) is 5.09. The quantitative estimate of drug-likeness (QED) is 0.717. The molecule has 1 saturated carbocycles. The number of aliphatic carboxylic acids is 1. The molecule has 0 unspecified atom stereocenters. The Bertz CT molecular complexity index is 217. The molecule has 1 aliphatic heterocycles. The molecule has 0 amide bonds. The Kier molecular flexibility index (Phi) is 2.06. The van der Waals surface area contributed by atoms with Crippen molar-refractivity contribution >= 4 is 5.97 Å². The van der Waals surface area contributed by atoms with Gasteiger partial charge >= 0.3 is 5.97 Å². The summed E-state index contributed by atoms with van der Waals surface area (Å²) in [5, 5.41) is 8.82. The van der Waals surface area contributed by atoms with Crippen LogP contribution in [0.2, 0.25) is 0 Å². The standard InChI is InChI=1S/C10H17NO2/c1-8-6-11(7-8)10(3-2-4-10)5-9(12)13/h8H,2-7H2,1H3,(H,12,13). The largest absolute Gasteiger partial charge is 0.481 e. The van der Waals surface area contributed by atoms with Gasteiger partial charge in [-0.3, -0.25) is 9.69 Å². The van der Waals surface area contributed by atoms with E-state index in [1.807, 2.05) is 0 Å². The molecule has 0 aromatic heterocycles. The van der Waals surface area contributed by atoms with Crippen molar-refractivity contribution in [2.75, 3.05) is 13.1 Å². The summed E-state index contributed by atoms with van der Waals surface area (Å²) >= 11 is 0. The molecule has 13 heavy (non-hydrogen) atoms. The van der Waals surface area contributed by atoms with E-state index in [4.69, 9.17) is 5.11 Å². The zero-order chi connectivity index (χ0) is 9.47. The second kappa shape index (κ2) is 2.98. The highest BCUT2D eigenvalue weighted by atomic mass is 16.4. The molecule has 1 N–H and O–H groups in total. The molecule has 1 heterocycles. The number of carbonyl (C=O) groups is 1. The zero-order valence-electron chi connectivity index (χ0n) is 8.12. The van der Waals surface area contributed by atoms with Crippen molar-refractivity contribution in [1.29, 1.82) is 0 Å². The monoisotopic (exact) mass is 183 g/mol. The van der Waals surface area contributed by atoms with Gasteiger partial charge in [0.15, 0.2) is 0 Å². The molecule has 3 heteroatoms. The third-order valence-corrected chi connectivity index (χ3v) is 3.50. The summed E-state index contributed by atoms with van der Waals surface area (Å²) in [4.78, 5) is 13.1. The Morgan fingerprint density at radius 1 is 1.54 bits per heavy atom. The Hall–Kier alpha value is -0.570. The van der Waals surface area contributed by atoms with Crippen molar-refractivity contribution in [3.8, 4) is 0 Å². The smallest absolute Gasteiger partial charge is 0.305 e. The first-order chi connectivity index (χ1) is 6.12. The summed E-state index contributed by atoms with van der Waals surface area (Å²) in [6, 6.07) is 0. The Labute approximate surface area is 78.7 Å². The highest BCUT2D eigenvalue weighted by Gasteiger charge is 2.47. The van der Waals surface area contributed by atoms with E-state index < -0.39 is 5.97 Å². The van der Waals surface area contributed by atoms with Crippen LogP contribution in [0.3, 0.4) is 0 Å². The number of rotatable bonds is 3. The van der Waals surface area contributed by atoms with Gasteiger partial charge in [-0.25, -0.2) is 0 Å². The highest BCUT2D eigenvalue weighted by molar-refractivity contribution is 5.68. The van der Waals surface area contributed by atoms with Crippen LogP contribution in [0.5, 0.6) is 0 Å². The maximum absolute atomic E-state index is 10.7. The fourth-order valence-corrected chi connectivity index (χ4v) is 2.56. The second-order valence-corrected chi connectivity index (χ2v) is 4.66. The van der Waals surface area contributed by atoms with Gasteiger partial charge < -0.3 is 5.11 Å². The third kappa shape index (κ3) is 1.46. The predicted molar refractivity (Wildman–Crippen MR) is 49.6 cm³/mol. The van der Waals surface area contributed by atoms with Crippen LogP contribution in [-0.2, 0) is 4.79 Å². The number of likely N-dealkylation sites (tertiary alicyclic amines) is 1. The van der Waals surface area contributed by atoms with Crippen LogP contribution in [0.4, 0.5) is 0 Å². The summed E-state index contributed by atoms with van der Waals surface area (Å²) < 4.78 is 0. The van der Waals surface area contributed by atoms with E-state index in [-0.39, 0.29) is 5.54 Å². The van der Waals surface area contributed by atoms with Crippen molar-refractivity contribution in [3.05, 3.63) is 0 Å². The SMILES string of the molecule is CC1CN(C2(CC(=O)O)CCC2)C1. The molecule has 0 aromatic rings. The Balaban J connectivity index is 1.95. The minimum atomic E-state index is -0.640. The van der Waals surface area contributed by atoms with E-state index in [0.29, 0.717) is 6.42 Å². The molecule has 2 rings (SSSR count). The molecule has 74 valence electrons. The van der Waals surface area contributed by atoms with Crippen LogP contribution in [0.25, 0.3) is 0 Å². The lowest BCUT2D eigenvalue weighted by Crippen LogP contribution is -2.63. The zero-order valence-corrected chi connectivity index (χ0v) is 8.12. The maximum Gasteiger partial charge on any atom is 0.305 e. The van der Waals surface area contributed by atoms with E-state index in [1.165, 1.54) is 6.42 Å². The van der Waals surface area contributed by atoms with E-state index >= 15 is 0 Å². The normalized spacial score (nSPS) is 27.8. The number of carboxylic acids is 1. The number of carboxylic acid groups (broad SMARTS) is 1. The van der Waals surface area contributed by atoms with Crippen molar-refractivity contribution in [3.63, 3.8) is 0 Å². The van der Waals surface area contributed by atoms with Crippen LogP contribution in [0.15, 0.2) is 0 Å². The molecule has 3 nitrogen and oxygen atoms in total. The highest BCUT2D eigenvalue weighted by Crippen LogP contribution is 2.43. The molecule has 1 aliphatic carbocycles. The van der Waals surface area contributed by atoms with Crippen LogP contribution < -0.4 is 0 Å². The van der Waals surface area contributed by atoms with Crippen molar-refractivity contribution in [2.24, 2.45) is 5.92 Å². The van der Waals surface area contributed by atoms with Crippen LogP contribution >= 0.6 is 0 Å². The molecule has 0 radical (unpaired) electrons. The van der Waals surface area contributed by atoms with Crippen LogP contribution in [0.1, 0.15) is 32.6 Å². The van der Waals surface area contributed by atoms with Crippen molar-refractivity contribution in [2.45, 2.75) is 38.1 Å². The Morgan fingerprint density at radius 2 is 2.15 bits per heavy atom. The van der Waals surface area contributed by atoms with Gasteiger partial charge in [-0.05, 0) is 25.2 Å². The van der Waals surface area contributed by atoms with Gasteiger partial charge in [-0.1, -0.05) is 6.92 Å². The molecule has 0 bridgehead atoms. The van der Waals surface area contributed by atoms with Gasteiger partial charge in [-0.15, -0.1) is 0 Å². The molecule has 1 saturated heterocycles. The molecule has 2 fully saturated rings. The fourth-order valence-electron chi connectivity index (χ4n) is 2.56. The first-order valence-electron chi connectivity index (χ1n) is 5.09. The lowest BCUT2D eigenvalue weighted by atomic mass is 9.70. The summed E-state index contributed by atoms with van der Waals surface area (Å²) in [7, 11) is 0. The number of hydrogen-bond donors (Lipinski definition) is 1. The van der Waals surface area contributed by atoms with Gasteiger partial charge in [-0.2, -0.15) is 0 Å². The summed E-state index contributed by atoms with van der Waals surface area (Å²) in [5.41, 5.74) is 0.0539. The van der Waals surface area contributed by atoms with Gasteiger partial charge in [0.2, 0.25) is 0 Å². The van der Waals surface area contributed by atoms with E-state index in [1.54, 1.807) is 0 Å². The molecular formula is C10H17NO2. The van der Waals surface area contributed by atoms with Crippen LogP contribution in [-0.4, -0.2) is 34.6 Å². The number of hydrogen-bond acceptors (Lipinski definition) is 2. The molecule has 0 atom stereocenters. The van der Waals surface area contributed by atoms with Crippen molar-refractivity contribution in [1.82, 2.24) is 4.90 Å². The maximum atomic E-state index is 10.7. The van der Waals surface area contributed by atoms with Gasteiger partial charge in [0.25, 0.3) is 0 Å². The Morgan fingerprint density at radius 3 is 2.46 bits per heavy atom. The topological polar surface area (TPSA) is 40.5 Å². The average Bonchev–Trinajstić information content (AvgIpc) is 1.91.